The number of fused-ring (bicyclic) bond motifs is 4. The zero-order chi connectivity index (χ0) is 47.6. The molecule has 1 aliphatic heterocycles. The molecule has 0 spiro atoms. The molecule has 0 aliphatic carbocycles. The van der Waals surface area contributed by atoms with Crippen LogP contribution >= 0.6 is 0 Å². The fourth-order valence-electron chi connectivity index (χ4n) is 9.63. The van der Waals surface area contributed by atoms with E-state index in [0.29, 0.717) is 11.5 Å². The molecule has 6 heteroatoms. The van der Waals surface area contributed by atoms with E-state index in [0.717, 1.165) is 67.1 Å². The third-order valence-electron chi connectivity index (χ3n) is 13.5. The molecule has 0 bridgehead atoms. The number of para-hydroxylation sites is 1. The van der Waals surface area contributed by atoms with Gasteiger partial charge in [0, 0.05) is 66.9 Å². The number of pyridine rings is 1. The van der Waals surface area contributed by atoms with E-state index in [9.17, 15) is 0 Å². The number of aryl methyl sites for hydroxylation is 2. The van der Waals surface area contributed by atoms with E-state index in [1.165, 1.54) is 38.9 Å². The Hall–Kier alpha value is -7.20. The van der Waals surface area contributed by atoms with Gasteiger partial charge < -0.3 is 19.1 Å². The van der Waals surface area contributed by atoms with Gasteiger partial charge in [0.25, 0.3) is 0 Å². The van der Waals surface area contributed by atoms with Gasteiger partial charge in [-0.05, 0) is 117 Å². The van der Waals surface area contributed by atoms with Crippen molar-refractivity contribution in [2.75, 3.05) is 9.80 Å². The zero-order valence-corrected chi connectivity index (χ0v) is 43.2. The zero-order valence-electron chi connectivity index (χ0n) is 40.9. The molecule has 8 aromatic carbocycles. The number of benzene rings is 8. The Morgan fingerprint density at radius 2 is 1.13 bits per heavy atom. The summed E-state index contributed by atoms with van der Waals surface area (Å²) < 4.78 is 8.92. The second-order valence-corrected chi connectivity index (χ2v) is 20.4. The number of anilines is 4. The predicted octanol–water partition coefficient (Wildman–Crippen LogP) is 17.2. The van der Waals surface area contributed by atoms with Gasteiger partial charge in [0.1, 0.15) is 5.82 Å². The summed E-state index contributed by atoms with van der Waals surface area (Å²) in [6.07, 6.45) is 2.01. The first-order valence-corrected chi connectivity index (χ1v) is 23.8. The normalized spacial score (nSPS) is 12.6. The van der Waals surface area contributed by atoms with Gasteiger partial charge in [0.15, 0.2) is 0 Å². The minimum absolute atomic E-state index is 0. The molecule has 0 saturated heterocycles. The molecule has 70 heavy (non-hydrogen) atoms. The first-order valence-electron chi connectivity index (χ1n) is 23.8. The van der Waals surface area contributed by atoms with Crippen molar-refractivity contribution in [1.29, 1.82) is 0 Å². The van der Waals surface area contributed by atoms with Crippen molar-refractivity contribution in [2.24, 2.45) is 0 Å². The van der Waals surface area contributed by atoms with Gasteiger partial charge in [-0.25, -0.2) is 4.98 Å². The van der Waals surface area contributed by atoms with E-state index in [1.807, 2.05) is 24.4 Å². The fourth-order valence-corrected chi connectivity index (χ4v) is 9.63. The minimum Gasteiger partial charge on any atom is -0.509 e. The molecule has 0 saturated carbocycles. The molecular weight excluding hydrogens is 1040 g/mol. The van der Waals surface area contributed by atoms with Gasteiger partial charge >= 0.3 is 0 Å². The monoisotopic (exact) mass is 1090 g/mol. The maximum absolute atomic E-state index is 6.71. The van der Waals surface area contributed by atoms with E-state index in [2.05, 4.69) is 246 Å². The molecule has 2 aromatic heterocycles. The van der Waals surface area contributed by atoms with E-state index in [-0.39, 0.29) is 31.9 Å². The van der Waals surface area contributed by atoms with Gasteiger partial charge in [0.05, 0.1) is 0 Å². The van der Waals surface area contributed by atoms with Crippen LogP contribution < -0.4 is 14.5 Å². The van der Waals surface area contributed by atoms with Crippen LogP contribution in [0.3, 0.4) is 0 Å². The van der Waals surface area contributed by atoms with Crippen molar-refractivity contribution in [3.05, 3.63) is 223 Å². The Morgan fingerprint density at radius 3 is 1.80 bits per heavy atom. The van der Waals surface area contributed by atoms with Crippen molar-refractivity contribution < 1.29 is 25.8 Å². The van der Waals surface area contributed by atoms with Gasteiger partial charge in [-0.1, -0.05) is 156 Å². The van der Waals surface area contributed by atoms with Crippen molar-refractivity contribution in [3.8, 4) is 50.7 Å². The summed E-state index contributed by atoms with van der Waals surface area (Å²) in [7, 11) is 0. The molecule has 0 amide bonds. The van der Waals surface area contributed by atoms with E-state index in [4.69, 9.17) is 9.72 Å². The first kappa shape index (κ1) is 46.5. The van der Waals surface area contributed by atoms with E-state index in [1.54, 1.807) is 0 Å². The molecular formula is C64H55N4OPt-3. The number of rotatable bonds is 8. The Balaban J connectivity index is 0.00000567. The third-order valence-corrected chi connectivity index (χ3v) is 13.5. The van der Waals surface area contributed by atoms with Crippen LogP contribution in [0.15, 0.2) is 182 Å². The van der Waals surface area contributed by atoms with Gasteiger partial charge in [-0.3, -0.25) is 0 Å². The Morgan fingerprint density at radius 1 is 0.500 bits per heavy atom. The smallest absolute Gasteiger partial charge is 0.135 e. The van der Waals surface area contributed by atoms with E-state index < -0.39 is 0 Å². The molecule has 0 unspecified atom stereocenters. The Labute approximate surface area is 427 Å². The molecule has 0 atom stereocenters. The second kappa shape index (κ2) is 18.3. The van der Waals surface area contributed by atoms with Crippen molar-refractivity contribution in [2.45, 2.75) is 66.2 Å². The molecule has 3 heterocycles. The van der Waals surface area contributed by atoms with Gasteiger partial charge in [-0.2, -0.15) is 12.1 Å². The molecule has 350 valence electrons. The van der Waals surface area contributed by atoms with Crippen LogP contribution in [0.2, 0.25) is 0 Å². The van der Waals surface area contributed by atoms with Crippen LogP contribution in [0.4, 0.5) is 22.7 Å². The third kappa shape index (κ3) is 8.73. The summed E-state index contributed by atoms with van der Waals surface area (Å²) >= 11 is 0. The molecule has 11 rings (SSSR count). The minimum atomic E-state index is -0.0339. The number of hydrogen-bond donors (Lipinski definition) is 0. The number of aromatic nitrogens is 2. The summed E-state index contributed by atoms with van der Waals surface area (Å²) in [6, 6.07) is 69.8. The van der Waals surface area contributed by atoms with Crippen LogP contribution in [0.5, 0.6) is 11.5 Å². The largest absolute Gasteiger partial charge is 0.509 e. The van der Waals surface area contributed by atoms with Crippen LogP contribution in [0, 0.1) is 32.6 Å². The quantitative estimate of drug-likeness (QED) is 0.142. The summed E-state index contributed by atoms with van der Waals surface area (Å²) in [5, 5.41) is 2.21. The molecule has 1 aliphatic rings. The Bertz CT molecular complexity index is 3530. The van der Waals surface area contributed by atoms with E-state index >= 15 is 0 Å². The number of hydrogen-bond acceptors (Lipinski definition) is 4. The van der Waals surface area contributed by atoms with Crippen LogP contribution in [-0.2, 0) is 31.9 Å². The fraction of sp³-hybridized carbons (Fsp3) is 0.156. The summed E-state index contributed by atoms with van der Waals surface area (Å²) in [4.78, 5) is 9.69. The van der Waals surface area contributed by atoms with Crippen LogP contribution in [0.25, 0.3) is 61.0 Å². The Kier molecular flexibility index (Phi) is 12.1. The summed E-state index contributed by atoms with van der Waals surface area (Å²) in [5.74, 6) is 2.02. The molecule has 0 fully saturated rings. The van der Waals surface area contributed by atoms with Gasteiger partial charge in [0.2, 0.25) is 0 Å². The SMILES string of the molecule is Cc1cc(-c2ccccc2)ccc1-c1cnc(-n2c3[c-]c(Oc4[c-]c(N5[CH-]N(c6cc(C(C)(C)C)cc(C(C)(C)C)c6)c6cc(-c7ccccc7)ccc65)ccc4)ccc3c3ccccc32)cc1C.[Pt]. The topological polar surface area (TPSA) is 33.5 Å². The van der Waals surface area contributed by atoms with Crippen molar-refractivity contribution in [3.63, 3.8) is 0 Å². The standard InChI is InChI=1S/C64H55N4O.Pt/c1-42-32-46(44-18-11-9-12-19-44)26-29-54(42)57-40-65-62(33-43(57)2)68-58-25-16-15-24-55(58)56-30-28-53(39-60(56)68)69-52-23-17-22-50(38-52)66-41-67(51-36-48(63(3,4)5)35-49(37-51)64(6,7)8)61-34-47(27-31-59(61)66)45-20-13-10-14-21-45;/h9-37,40-41H,1-8H3;/q-3;. The first-order chi connectivity index (χ1) is 33.3. The average molecular weight is 1090 g/mol. The van der Waals surface area contributed by atoms with Crippen molar-refractivity contribution in [1.82, 2.24) is 9.55 Å². The second-order valence-electron chi connectivity index (χ2n) is 20.4. The summed E-state index contributed by atoms with van der Waals surface area (Å²) in [6.45, 7) is 20.3. The number of nitrogens with zero attached hydrogens (tertiary/aromatic N) is 4. The summed E-state index contributed by atoms with van der Waals surface area (Å²) in [5.41, 5.74) is 18.0. The molecule has 5 nitrogen and oxygen atoms in total. The maximum atomic E-state index is 6.71. The van der Waals surface area contributed by atoms with Crippen LogP contribution in [-0.4, -0.2) is 9.55 Å². The predicted molar refractivity (Wildman–Crippen MR) is 287 cm³/mol. The average Bonchev–Trinajstić information content (AvgIpc) is 3.90. The molecule has 0 radical (unpaired) electrons. The molecule has 0 N–H and O–H groups in total. The van der Waals surface area contributed by atoms with Crippen molar-refractivity contribution >= 4 is 44.6 Å². The maximum Gasteiger partial charge on any atom is 0.135 e. The van der Waals surface area contributed by atoms with Crippen LogP contribution in [0.1, 0.15) is 63.8 Å². The number of ether oxygens (including phenoxy) is 1. The molecule has 10 aromatic rings. The van der Waals surface area contributed by atoms with Gasteiger partial charge in [-0.15, -0.1) is 48.1 Å².